The summed E-state index contributed by atoms with van der Waals surface area (Å²) in [6.07, 6.45) is 2.85. The zero-order valence-electron chi connectivity index (χ0n) is 19.8. The van der Waals surface area contributed by atoms with Gasteiger partial charge in [-0.2, -0.15) is 5.10 Å². The molecule has 35 heavy (non-hydrogen) atoms. The molecule has 4 rings (SSSR count). The number of nitrogens with one attached hydrogen (secondary N) is 1. The third-order valence-electron chi connectivity index (χ3n) is 5.72. The summed E-state index contributed by atoms with van der Waals surface area (Å²) in [6, 6.07) is 13.7. The first-order valence-electron chi connectivity index (χ1n) is 11.2. The van der Waals surface area contributed by atoms with Gasteiger partial charge in [0.05, 0.1) is 24.2 Å². The van der Waals surface area contributed by atoms with Crippen molar-refractivity contribution >= 4 is 22.6 Å². The number of nitro groups is 1. The Bertz CT molecular complexity index is 1450. The number of nitro benzene ring substituents is 1. The summed E-state index contributed by atoms with van der Waals surface area (Å²) >= 11 is 0. The molecule has 10 nitrogen and oxygen atoms in total. The maximum atomic E-state index is 12.9. The van der Waals surface area contributed by atoms with Gasteiger partial charge in [0.15, 0.2) is 5.65 Å². The minimum absolute atomic E-state index is 0.0147. The Balaban J connectivity index is 1.42. The quantitative estimate of drug-likeness (QED) is 0.324. The average Bonchev–Trinajstić information content (AvgIpc) is 3.24. The van der Waals surface area contributed by atoms with E-state index in [1.807, 2.05) is 24.3 Å². The minimum Gasteiger partial charge on any atom is -0.350 e. The Morgan fingerprint density at radius 1 is 1.14 bits per heavy atom. The molecule has 4 aromatic rings. The molecule has 0 aliphatic carbocycles. The summed E-state index contributed by atoms with van der Waals surface area (Å²) in [5.41, 5.74) is 2.44. The molecular weight excluding hydrogens is 448 g/mol. The largest absolute Gasteiger partial charge is 0.350 e. The molecule has 0 saturated heterocycles. The van der Waals surface area contributed by atoms with Crippen molar-refractivity contribution in [3.8, 4) is 0 Å². The van der Waals surface area contributed by atoms with E-state index in [1.54, 1.807) is 16.8 Å². The van der Waals surface area contributed by atoms with Gasteiger partial charge in [-0.25, -0.2) is 9.67 Å². The van der Waals surface area contributed by atoms with Gasteiger partial charge in [0.1, 0.15) is 11.7 Å². The molecule has 10 heteroatoms. The fraction of sp³-hybridized carbons (Fsp3) is 0.280. The molecule has 0 bridgehead atoms. The van der Waals surface area contributed by atoms with Crippen molar-refractivity contribution < 1.29 is 9.72 Å². The van der Waals surface area contributed by atoms with Crippen LogP contribution in [-0.2, 0) is 18.5 Å². The third-order valence-corrected chi connectivity index (χ3v) is 5.72. The molecular formula is C25H26N6O4. The Morgan fingerprint density at radius 3 is 2.57 bits per heavy atom. The topological polar surface area (TPSA) is 125 Å². The van der Waals surface area contributed by atoms with E-state index in [4.69, 9.17) is 0 Å². The highest BCUT2D eigenvalue weighted by Crippen LogP contribution is 2.22. The van der Waals surface area contributed by atoms with E-state index in [1.165, 1.54) is 29.2 Å². The van der Waals surface area contributed by atoms with Crippen molar-refractivity contribution in [2.24, 2.45) is 0 Å². The molecule has 0 atom stereocenters. The highest BCUT2D eigenvalue weighted by atomic mass is 16.6. The molecule has 180 valence electrons. The number of amides is 1. The van der Waals surface area contributed by atoms with E-state index in [0.29, 0.717) is 35.2 Å². The lowest BCUT2D eigenvalue weighted by Gasteiger charge is -2.19. The summed E-state index contributed by atoms with van der Waals surface area (Å²) in [5, 5.41) is 18.4. The maximum absolute atomic E-state index is 12.9. The van der Waals surface area contributed by atoms with E-state index in [0.717, 1.165) is 5.56 Å². The number of rotatable bonds is 7. The lowest BCUT2D eigenvalue weighted by Crippen LogP contribution is -2.28. The lowest BCUT2D eigenvalue weighted by molar-refractivity contribution is -0.384. The number of nitrogens with zero attached hydrogens (tertiary/aromatic N) is 5. The summed E-state index contributed by atoms with van der Waals surface area (Å²) in [4.78, 5) is 40.3. The van der Waals surface area contributed by atoms with Crippen LogP contribution in [0.1, 0.15) is 42.3 Å². The van der Waals surface area contributed by atoms with Gasteiger partial charge in [-0.05, 0) is 28.7 Å². The van der Waals surface area contributed by atoms with Crippen molar-refractivity contribution in [2.45, 2.75) is 39.3 Å². The highest BCUT2D eigenvalue weighted by molar-refractivity contribution is 5.94. The molecule has 0 spiro atoms. The number of benzene rings is 2. The third kappa shape index (κ3) is 5.26. The second-order valence-electron chi connectivity index (χ2n) is 9.29. The normalized spacial score (nSPS) is 11.5. The molecule has 2 aromatic carbocycles. The fourth-order valence-corrected chi connectivity index (χ4v) is 3.74. The standard InChI is InChI=1S/C25H26N6O4/c1-25(2,3)19-9-7-18(8-10-19)23(32)26-11-12-30-22-21(14-28-30)24(33)29(16-27-22)15-17-5-4-6-20(13-17)31(34)35/h4-10,13-14,16H,11-12,15H2,1-3H3,(H,26,32). The van der Waals surface area contributed by atoms with Crippen molar-refractivity contribution in [3.63, 3.8) is 0 Å². The number of hydrogen-bond acceptors (Lipinski definition) is 6. The maximum Gasteiger partial charge on any atom is 0.269 e. The predicted octanol–water partition coefficient (Wildman–Crippen LogP) is 3.28. The Morgan fingerprint density at radius 2 is 1.89 bits per heavy atom. The Hall–Kier alpha value is -4.34. The van der Waals surface area contributed by atoms with Crippen LogP contribution in [0.25, 0.3) is 11.0 Å². The van der Waals surface area contributed by atoms with Crippen LogP contribution >= 0.6 is 0 Å². The molecule has 1 amide bonds. The lowest BCUT2D eigenvalue weighted by atomic mass is 9.87. The SMILES string of the molecule is CC(C)(C)c1ccc(C(=O)NCCn2ncc3c(=O)n(Cc4cccc([N+](=O)[O-])c4)cnc32)cc1. The second-order valence-corrected chi connectivity index (χ2v) is 9.29. The van der Waals surface area contributed by atoms with E-state index in [-0.39, 0.29) is 29.1 Å². The van der Waals surface area contributed by atoms with Crippen LogP contribution in [0.5, 0.6) is 0 Å². The summed E-state index contributed by atoms with van der Waals surface area (Å²) < 4.78 is 2.95. The number of non-ortho nitro benzene ring substituents is 1. The zero-order valence-corrected chi connectivity index (χ0v) is 19.8. The van der Waals surface area contributed by atoms with Gasteiger partial charge < -0.3 is 5.32 Å². The predicted molar refractivity (Wildman–Crippen MR) is 131 cm³/mol. The monoisotopic (exact) mass is 474 g/mol. The molecule has 2 heterocycles. The molecule has 2 aromatic heterocycles. The van der Waals surface area contributed by atoms with Crippen molar-refractivity contribution in [3.05, 3.63) is 98.2 Å². The van der Waals surface area contributed by atoms with E-state index in [9.17, 15) is 19.7 Å². The number of fused-ring (bicyclic) bond motifs is 1. The van der Waals surface area contributed by atoms with E-state index < -0.39 is 4.92 Å². The zero-order chi connectivity index (χ0) is 25.2. The molecule has 0 aliphatic heterocycles. The number of hydrogen-bond donors (Lipinski definition) is 1. The molecule has 0 unspecified atom stereocenters. The van der Waals surface area contributed by atoms with Crippen molar-refractivity contribution in [1.82, 2.24) is 24.6 Å². The van der Waals surface area contributed by atoms with Gasteiger partial charge in [0.2, 0.25) is 0 Å². The summed E-state index contributed by atoms with van der Waals surface area (Å²) in [6.45, 7) is 7.16. The van der Waals surface area contributed by atoms with Crippen LogP contribution in [0.15, 0.2) is 65.8 Å². The van der Waals surface area contributed by atoms with Gasteiger partial charge in [-0.1, -0.05) is 45.0 Å². The number of aromatic nitrogens is 4. The average molecular weight is 475 g/mol. The van der Waals surface area contributed by atoms with Crippen LogP contribution in [0.3, 0.4) is 0 Å². The minimum atomic E-state index is -0.475. The first-order chi connectivity index (χ1) is 16.6. The fourth-order valence-electron chi connectivity index (χ4n) is 3.74. The van der Waals surface area contributed by atoms with Crippen LogP contribution in [0, 0.1) is 10.1 Å². The van der Waals surface area contributed by atoms with Gasteiger partial charge in [-0.3, -0.25) is 24.3 Å². The summed E-state index contributed by atoms with van der Waals surface area (Å²) in [5.74, 6) is -0.186. The van der Waals surface area contributed by atoms with Gasteiger partial charge >= 0.3 is 0 Å². The highest BCUT2D eigenvalue weighted by Gasteiger charge is 2.15. The molecule has 0 fully saturated rings. The number of carbonyl (C=O) groups is 1. The van der Waals surface area contributed by atoms with Crippen molar-refractivity contribution in [2.75, 3.05) is 6.54 Å². The van der Waals surface area contributed by atoms with Gasteiger partial charge in [0.25, 0.3) is 17.2 Å². The Kier molecular flexibility index (Phi) is 6.46. The van der Waals surface area contributed by atoms with Crippen molar-refractivity contribution in [1.29, 1.82) is 0 Å². The summed E-state index contributed by atoms with van der Waals surface area (Å²) in [7, 11) is 0. The molecule has 0 aliphatic rings. The second kappa shape index (κ2) is 9.49. The van der Waals surface area contributed by atoms with Gasteiger partial charge in [0, 0.05) is 24.2 Å². The van der Waals surface area contributed by atoms with Crippen LogP contribution in [0.4, 0.5) is 5.69 Å². The number of carbonyl (C=O) groups excluding carboxylic acids is 1. The van der Waals surface area contributed by atoms with E-state index in [2.05, 4.69) is 36.2 Å². The molecule has 0 saturated carbocycles. The Labute approximate surface area is 201 Å². The van der Waals surface area contributed by atoms with Crippen LogP contribution in [0.2, 0.25) is 0 Å². The van der Waals surface area contributed by atoms with Gasteiger partial charge in [-0.15, -0.1) is 0 Å². The smallest absolute Gasteiger partial charge is 0.269 e. The molecule has 0 radical (unpaired) electrons. The first kappa shape index (κ1) is 23.8. The first-order valence-corrected chi connectivity index (χ1v) is 11.2. The van der Waals surface area contributed by atoms with Crippen LogP contribution in [-0.4, -0.2) is 36.7 Å². The van der Waals surface area contributed by atoms with Crippen LogP contribution < -0.4 is 10.9 Å². The van der Waals surface area contributed by atoms with E-state index >= 15 is 0 Å². The molecule has 1 N–H and O–H groups in total.